The average Bonchev–Trinajstić information content (AvgIpc) is 2.78. The Hall–Kier alpha value is -1.81. The van der Waals surface area contributed by atoms with Crippen molar-refractivity contribution in [3.8, 4) is 6.07 Å². The van der Waals surface area contributed by atoms with Gasteiger partial charge in [0, 0.05) is 12.6 Å². The molecule has 1 fully saturated rings. The van der Waals surface area contributed by atoms with Crippen LogP contribution in [0.5, 0.6) is 0 Å². The highest BCUT2D eigenvalue weighted by atomic mass is 19.4. The summed E-state index contributed by atoms with van der Waals surface area (Å²) in [7, 11) is 0. The maximum absolute atomic E-state index is 12.7. The standard InChI is InChI=1S/C13H15F3N4/c1-8-4-9(5-17)7-20(8)12-10(6-18)2-3-11(19-12)13(14,15)16/h2-3,8-9H,4-5,7,17H2,1H3. The molecule has 0 radical (unpaired) electrons. The van der Waals surface area contributed by atoms with Crippen LogP contribution in [-0.4, -0.2) is 24.1 Å². The van der Waals surface area contributed by atoms with E-state index in [1.807, 2.05) is 13.0 Å². The van der Waals surface area contributed by atoms with Crippen LogP contribution in [0.2, 0.25) is 0 Å². The number of alkyl halides is 3. The molecule has 0 spiro atoms. The van der Waals surface area contributed by atoms with Gasteiger partial charge in [-0.3, -0.25) is 0 Å². The number of nitriles is 1. The lowest BCUT2D eigenvalue weighted by Gasteiger charge is -2.24. The van der Waals surface area contributed by atoms with E-state index in [1.54, 1.807) is 4.90 Å². The van der Waals surface area contributed by atoms with Gasteiger partial charge in [-0.2, -0.15) is 18.4 Å². The van der Waals surface area contributed by atoms with Gasteiger partial charge < -0.3 is 10.6 Å². The van der Waals surface area contributed by atoms with E-state index in [-0.39, 0.29) is 23.3 Å². The number of nitrogens with two attached hydrogens (primary N) is 1. The maximum atomic E-state index is 12.7. The fourth-order valence-electron chi connectivity index (χ4n) is 2.52. The minimum Gasteiger partial charge on any atom is -0.352 e. The highest BCUT2D eigenvalue weighted by molar-refractivity contribution is 5.56. The molecule has 2 N–H and O–H groups in total. The molecule has 1 aliphatic rings. The summed E-state index contributed by atoms with van der Waals surface area (Å²) >= 11 is 0. The average molecular weight is 284 g/mol. The third-order valence-corrected chi connectivity index (χ3v) is 3.55. The molecule has 1 aliphatic heterocycles. The topological polar surface area (TPSA) is 65.9 Å². The fraction of sp³-hybridized carbons (Fsp3) is 0.538. The number of nitrogens with zero attached hydrogens (tertiary/aromatic N) is 3. The first-order valence-electron chi connectivity index (χ1n) is 6.32. The van der Waals surface area contributed by atoms with Crippen molar-refractivity contribution in [2.45, 2.75) is 25.6 Å². The first kappa shape index (κ1) is 14.6. The molecule has 1 aromatic heterocycles. The predicted molar refractivity (Wildman–Crippen MR) is 67.9 cm³/mol. The normalized spacial score (nSPS) is 22.9. The van der Waals surface area contributed by atoms with Crippen molar-refractivity contribution >= 4 is 5.82 Å². The molecule has 4 nitrogen and oxygen atoms in total. The van der Waals surface area contributed by atoms with Gasteiger partial charge in [0.2, 0.25) is 0 Å². The summed E-state index contributed by atoms with van der Waals surface area (Å²) in [6, 6.07) is 3.93. The van der Waals surface area contributed by atoms with Gasteiger partial charge in [-0.25, -0.2) is 4.98 Å². The van der Waals surface area contributed by atoms with E-state index in [1.165, 1.54) is 6.07 Å². The Labute approximate surface area is 115 Å². The zero-order chi connectivity index (χ0) is 14.9. The van der Waals surface area contributed by atoms with Crippen molar-refractivity contribution < 1.29 is 13.2 Å². The van der Waals surface area contributed by atoms with E-state index < -0.39 is 11.9 Å². The Morgan fingerprint density at radius 3 is 2.70 bits per heavy atom. The van der Waals surface area contributed by atoms with Crippen LogP contribution in [0, 0.1) is 17.2 Å². The summed E-state index contributed by atoms with van der Waals surface area (Å²) in [6.07, 6.45) is -3.72. The first-order chi connectivity index (χ1) is 9.36. The molecule has 1 saturated heterocycles. The molecule has 2 atom stereocenters. The smallest absolute Gasteiger partial charge is 0.352 e. The van der Waals surface area contributed by atoms with E-state index in [4.69, 9.17) is 11.0 Å². The van der Waals surface area contributed by atoms with E-state index in [2.05, 4.69) is 4.98 Å². The minimum absolute atomic E-state index is 0.0200. The largest absolute Gasteiger partial charge is 0.433 e. The second kappa shape index (κ2) is 5.29. The number of hydrogen-bond donors (Lipinski definition) is 1. The minimum atomic E-state index is -4.51. The molecule has 0 bridgehead atoms. The summed E-state index contributed by atoms with van der Waals surface area (Å²) < 4.78 is 38.2. The summed E-state index contributed by atoms with van der Waals surface area (Å²) in [6.45, 7) is 2.90. The van der Waals surface area contributed by atoms with Crippen molar-refractivity contribution in [1.29, 1.82) is 5.26 Å². The van der Waals surface area contributed by atoms with Crippen LogP contribution in [-0.2, 0) is 6.18 Å². The zero-order valence-electron chi connectivity index (χ0n) is 11.0. The van der Waals surface area contributed by atoms with Gasteiger partial charge in [-0.15, -0.1) is 0 Å². The van der Waals surface area contributed by atoms with Crippen molar-refractivity contribution in [3.63, 3.8) is 0 Å². The van der Waals surface area contributed by atoms with E-state index >= 15 is 0 Å². The highest BCUT2D eigenvalue weighted by Gasteiger charge is 2.36. The van der Waals surface area contributed by atoms with Gasteiger partial charge in [0.05, 0.1) is 5.56 Å². The molecular weight excluding hydrogens is 269 g/mol. The van der Waals surface area contributed by atoms with Gasteiger partial charge >= 0.3 is 6.18 Å². The second-order valence-corrected chi connectivity index (χ2v) is 5.02. The molecule has 0 aliphatic carbocycles. The van der Waals surface area contributed by atoms with Crippen molar-refractivity contribution in [1.82, 2.24) is 4.98 Å². The summed E-state index contributed by atoms with van der Waals surface area (Å²) in [5.41, 5.74) is 4.79. The van der Waals surface area contributed by atoms with Crippen LogP contribution in [0.1, 0.15) is 24.6 Å². The Bertz CT molecular complexity index is 535. The Morgan fingerprint density at radius 1 is 1.50 bits per heavy atom. The third-order valence-electron chi connectivity index (χ3n) is 3.55. The summed E-state index contributed by atoms with van der Waals surface area (Å²) in [5.74, 6) is 0.318. The van der Waals surface area contributed by atoms with Gasteiger partial charge in [0.25, 0.3) is 0 Å². The third kappa shape index (κ3) is 2.70. The van der Waals surface area contributed by atoms with Crippen molar-refractivity contribution in [2.75, 3.05) is 18.0 Å². The number of rotatable bonds is 2. The molecular formula is C13H15F3N4. The highest BCUT2D eigenvalue weighted by Crippen LogP contribution is 2.33. The number of hydrogen-bond acceptors (Lipinski definition) is 4. The zero-order valence-corrected chi connectivity index (χ0v) is 11.0. The Balaban J connectivity index is 2.42. The number of anilines is 1. The number of pyridine rings is 1. The van der Waals surface area contributed by atoms with Crippen LogP contribution in [0.25, 0.3) is 0 Å². The van der Waals surface area contributed by atoms with Crippen molar-refractivity contribution in [2.24, 2.45) is 11.7 Å². The lowest BCUT2D eigenvalue weighted by molar-refractivity contribution is -0.141. The quantitative estimate of drug-likeness (QED) is 0.903. The van der Waals surface area contributed by atoms with Crippen molar-refractivity contribution in [3.05, 3.63) is 23.4 Å². The molecule has 20 heavy (non-hydrogen) atoms. The SMILES string of the molecule is CC1CC(CN)CN1c1nc(C(F)(F)F)ccc1C#N. The molecule has 7 heteroatoms. The molecule has 1 aromatic rings. The van der Waals surface area contributed by atoms with E-state index in [0.717, 1.165) is 12.5 Å². The van der Waals surface area contributed by atoms with Crippen LogP contribution in [0.15, 0.2) is 12.1 Å². The molecule has 0 amide bonds. The molecule has 0 aromatic carbocycles. The second-order valence-electron chi connectivity index (χ2n) is 5.02. The number of aromatic nitrogens is 1. The van der Waals surface area contributed by atoms with Crippen LogP contribution in [0.3, 0.4) is 0 Å². The Morgan fingerprint density at radius 2 is 2.20 bits per heavy atom. The van der Waals surface area contributed by atoms with E-state index in [9.17, 15) is 13.2 Å². The predicted octanol–water partition coefficient (Wildman–Crippen LogP) is 2.15. The van der Waals surface area contributed by atoms with Crippen LogP contribution >= 0.6 is 0 Å². The van der Waals surface area contributed by atoms with Crippen LogP contribution < -0.4 is 10.6 Å². The Kier molecular flexibility index (Phi) is 3.86. The van der Waals surface area contributed by atoms with Gasteiger partial charge in [0.15, 0.2) is 0 Å². The first-order valence-corrected chi connectivity index (χ1v) is 6.32. The summed E-state index contributed by atoms with van der Waals surface area (Å²) in [4.78, 5) is 5.39. The maximum Gasteiger partial charge on any atom is 0.433 e. The lowest BCUT2D eigenvalue weighted by Crippen LogP contribution is -2.30. The fourth-order valence-corrected chi connectivity index (χ4v) is 2.52. The van der Waals surface area contributed by atoms with Crippen LogP contribution in [0.4, 0.5) is 19.0 Å². The number of halogens is 3. The monoisotopic (exact) mass is 284 g/mol. The van der Waals surface area contributed by atoms with Gasteiger partial charge in [-0.1, -0.05) is 0 Å². The van der Waals surface area contributed by atoms with Gasteiger partial charge in [0.1, 0.15) is 17.6 Å². The molecule has 2 rings (SSSR count). The summed E-state index contributed by atoms with van der Waals surface area (Å²) in [5, 5.41) is 9.06. The molecule has 0 saturated carbocycles. The lowest BCUT2D eigenvalue weighted by atomic mass is 10.1. The molecule has 108 valence electrons. The molecule has 2 heterocycles. The van der Waals surface area contributed by atoms with E-state index in [0.29, 0.717) is 13.1 Å². The molecule has 2 unspecified atom stereocenters. The van der Waals surface area contributed by atoms with Gasteiger partial charge in [-0.05, 0) is 37.9 Å².